The van der Waals surface area contributed by atoms with Crippen LogP contribution in [0.5, 0.6) is 0 Å². The van der Waals surface area contributed by atoms with Crippen molar-refractivity contribution < 1.29 is 14.3 Å². The van der Waals surface area contributed by atoms with Crippen molar-refractivity contribution in [3.8, 4) is 11.4 Å². The van der Waals surface area contributed by atoms with Gasteiger partial charge in [-0.3, -0.25) is 4.79 Å². The molecule has 2 aliphatic heterocycles. The van der Waals surface area contributed by atoms with E-state index in [1.807, 2.05) is 36.6 Å². The summed E-state index contributed by atoms with van der Waals surface area (Å²) in [6, 6.07) is 7.21. The Balaban J connectivity index is 1.46. The summed E-state index contributed by atoms with van der Waals surface area (Å²) in [5.41, 5.74) is 3.48. The molecule has 3 amide bonds. The van der Waals surface area contributed by atoms with Gasteiger partial charge in [-0.15, -0.1) is 11.3 Å². The predicted molar refractivity (Wildman–Crippen MR) is 134 cm³/mol. The van der Waals surface area contributed by atoms with Crippen molar-refractivity contribution in [1.29, 1.82) is 0 Å². The Morgan fingerprint density at radius 1 is 1.11 bits per heavy atom. The fourth-order valence-electron chi connectivity index (χ4n) is 4.25. The maximum absolute atomic E-state index is 12.9. The van der Waals surface area contributed by atoms with Crippen LogP contribution in [0.2, 0.25) is 0 Å². The van der Waals surface area contributed by atoms with Gasteiger partial charge in [-0.2, -0.15) is 0 Å². The number of hydrogen-bond acceptors (Lipinski definition) is 8. The number of carbonyl (C=O) groups is 2. The zero-order valence-electron chi connectivity index (χ0n) is 19.5. The number of aromatic nitrogens is 3. The van der Waals surface area contributed by atoms with Gasteiger partial charge in [0.2, 0.25) is 0 Å². The van der Waals surface area contributed by atoms with Crippen LogP contribution >= 0.6 is 11.3 Å². The van der Waals surface area contributed by atoms with Gasteiger partial charge in [-0.1, -0.05) is 0 Å². The van der Waals surface area contributed by atoms with Crippen LogP contribution in [0, 0.1) is 0 Å². The Morgan fingerprint density at radius 3 is 2.63 bits per heavy atom. The van der Waals surface area contributed by atoms with E-state index < -0.39 is 0 Å². The van der Waals surface area contributed by atoms with Crippen LogP contribution in [0.15, 0.2) is 35.8 Å². The highest BCUT2D eigenvalue weighted by atomic mass is 32.1. The third kappa shape index (κ3) is 5.10. The zero-order chi connectivity index (χ0) is 24.2. The maximum Gasteiger partial charge on any atom is 0.319 e. The lowest BCUT2D eigenvalue weighted by Crippen LogP contribution is -2.40. The van der Waals surface area contributed by atoms with Crippen LogP contribution in [0.1, 0.15) is 28.0 Å². The van der Waals surface area contributed by atoms with E-state index in [0.717, 1.165) is 35.7 Å². The van der Waals surface area contributed by atoms with Crippen molar-refractivity contribution in [3.05, 3.63) is 52.1 Å². The molecule has 0 aliphatic carbocycles. The molecule has 2 aliphatic rings. The largest absolute Gasteiger partial charge is 0.378 e. The summed E-state index contributed by atoms with van der Waals surface area (Å²) in [7, 11) is 0. The second-order valence-electron chi connectivity index (χ2n) is 8.27. The van der Waals surface area contributed by atoms with Crippen molar-refractivity contribution in [3.63, 3.8) is 0 Å². The molecule has 0 atom stereocenters. The number of benzene rings is 1. The van der Waals surface area contributed by atoms with Gasteiger partial charge in [0.1, 0.15) is 5.82 Å². The number of nitrogens with zero attached hydrogens (tertiary/aromatic N) is 5. The number of fused-ring (bicyclic) bond motifs is 1. The number of nitrogens with one attached hydrogen (secondary N) is 2. The average Bonchev–Trinajstić information content (AvgIpc) is 3.43. The fourth-order valence-corrected chi connectivity index (χ4v) is 4.85. The summed E-state index contributed by atoms with van der Waals surface area (Å²) in [5.74, 6) is 1.44. The Bertz CT molecular complexity index is 1190. The molecular weight excluding hydrogens is 466 g/mol. The minimum absolute atomic E-state index is 0.0699. The summed E-state index contributed by atoms with van der Waals surface area (Å²) < 4.78 is 5.55. The fraction of sp³-hybridized carbons (Fsp3) is 0.375. The van der Waals surface area contributed by atoms with Gasteiger partial charge in [0, 0.05) is 54.6 Å². The number of anilines is 2. The molecule has 2 aromatic heterocycles. The van der Waals surface area contributed by atoms with Gasteiger partial charge < -0.3 is 25.2 Å². The summed E-state index contributed by atoms with van der Waals surface area (Å²) >= 11 is 1.35. The van der Waals surface area contributed by atoms with Crippen molar-refractivity contribution in [2.75, 3.05) is 49.6 Å². The first-order valence-corrected chi connectivity index (χ1v) is 12.6. The lowest BCUT2D eigenvalue weighted by atomic mass is 10.0. The molecule has 1 aromatic carbocycles. The molecule has 182 valence electrons. The van der Waals surface area contributed by atoms with E-state index in [0.29, 0.717) is 55.8 Å². The van der Waals surface area contributed by atoms with E-state index in [4.69, 9.17) is 14.7 Å². The SMILES string of the molecule is CCNC(=O)Nc1ccc(-c2nc3c(c(N4CCOCC4)n2)CCN(C(=O)c2nccs2)C3)cc1. The van der Waals surface area contributed by atoms with Crippen LogP contribution in [-0.4, -0.2) is 71.2 Å². The molecule has 1 saturated heterocycles. The van der Waals surface area contributed by atoms with E-state index in [2.05, 4.69) is 20.5 Å². The van der Waals surface area contributed by atoms with Gasteiger partial charge in [0.05, 0.1) is 25.5 Å². The first-order valence-electron chi connectivity index (χ1n) is 11.7. The molecule has 0 saturated carbocycles. The standard InChI is InChI=1S/C24H27N7O3S/c1-2-25-24(33)27-17-5-3-16(4-6-17)20-28-19-15-31(23(32)22-26-8-14-35-22)9-7-18(19)21(29-20)30-10-12-34-13-11-30/h3-6,8,14H,2,7,9-13,15H2,1H3,(H2,25,27,33). The van der Waals surface area contributed by atoms with Crippen molar-refractivity contribution in [1.82, 2.24) is 25.2 Å². The quantitative estimate of drug-likeness (QED) is 0.562. The number of hydrogen-bond donors (Lipinski definition) is 2. The number of urea groups is 1. The normalized spacial score (nSPS) is 15.5. The molecule has 35 heavy (non-hydrogen) atoms. The third-order valence-corrected chi connectivity index (χ3v) is 6.76. The topological polar surface area (TPSA) is 113 Å². The molecule has 3 aromatic rings. The van der Waals surface area contributed by atoms with Crippen molar-refractivity contribution >= 4 is 34.8 Å². The second-order valence-corrected chi connectivity index (χ2v) is 9.17. The van der Waals surface area contributed by atoms with Gasteiger partial charge >= 0.3 is 6.03 Å². The smallest absolute Gasteiger partial charge is 0.319 e. The second kappa shape index (κ2) is 10.4. The first kappa shape index (κ1) is 23.2. The van der Waals surface area contributed by atoms with Gasteiger partial charge in [-0.25, -0.2) is 19.7 Å². The van der Waals surface area contributed by atoms with Crippen LogP contribution in [0.25, 0.3) is 11.4 Å². The highest BCUT2D eigenvalue weighted by Crippen LogP contribution is 2.31. The molecule has 0 spiro atoms. The lowest BCUT2D eigenvalue weighted by Gasteiger charge is -2.34. The number of rotatable bonds is 5. The molecule has 0 radical (unpaired) electrons. The zero-order valence-corrected chi connectivity index (χ0v) is 20.3. The Kier molecular flexibility index (Phi) is 6.87. The van der Waals surface area contributed by atoms with Gasteiger partial charge in [0.25, 0.3) is 5.91 Å². The minimum Gasteiger partial charge on any atom is -0.378 e. The average molecular weight is 494 g/mol. The summed E-state index contributed by atoms with van der Waals surface area (Å²) in [6.45, 7) is 6.28. The molecule has 11 heteroatoms. The molecule has 2 N–H and O–H groups in total. The van der Waals surface area contributed by atoms with E-state index >= 15 is 0 Å². The number of thiazole rings is 1. The summed E-state index contributed by atoms with van der Waals surface area (Å²) in [4.78, 5) is 42.9. The van der Waals surface area contributed by atoms with Crippen LogP contribution in [-0.2, 0) is 17.7 Å². The predicted octanol–water partition coefficient (Wildman–Crippen LogP) is 2.78. The van der Waals surface area contributed by atoms with E-state index in [9.17, 15) is 9.59 Å². The monoisotopic (exact) mass is 493 g/mol. The van der Waals surface area contributed by atoms with Crippen LogP contribution in [0.4, 0.5) is 16.3 Å². The van der Waals surface area contributed by atoms with Gasteiger partial charge in [0.15, 0.2) is 10.8 Å². The number of ether oxygens (including phenoxy) is 1. The minimum atomic E-state index is -0.245. The highest BCUT2D eigenvalue weighted by Gasteiger charge is 2.29. The van der Waals surface area contributed by atoms with E-state index in [1.54, 1.807) is 11.1 Å². The molecule has 10 nitrogen and oxygen atoms in total. The van der Waals surface area contributed by atoms with E-state index in [1.165, 1.54) is 11.3 Å². The molecule has 0 unspecified atom stereocenters. The molecular formula is C24H27N7O3S. The van der Waals surface area contributed by atoms with Crippen LogP contribution in [0.3, 0.4) is 0 Å². The summed E-state index contributed by atoms with van der Waals surface area (Å²) in [5, 5.41) is 7.82. The van der Waals surface area contributed by atoms with Gasteiger partial charge in [-0.05, 0) is 37.6 Å². The molecule has 5 rings (SSSR count). The number of carbonyl (C=O) groups excluding carboxylic acids is 2. The Morgan fingerprint density at radius 2 is 1.91 bits per heavy atom. The summed E-state index contributed by atoms with van der Waals surface area (Å²) in [6.07, 6.45) is 2.34. The lowest BCUT2D eigenvalue weighted by molar-refractivity contribution is 0.0731. The third-order valence-electron chi connectivity index (χ3n) is 5.99. The van der Waals surface area contributed by atoms with E-state index in [-0.39, 0.29) is 11.9 Å². The first-order chi connectivity index (χ1) is 17.1. The Labute approximate surface area is 207 Å². The van der Waals surface area contributed by atoms with Crippen LogP contribution < -0.4 is 15.5 Å². The maximum atomic E-state index is 12.9. The highest BCUT2D eigenvalue weighted by molar-refractivity contribution is 7.11. The number of amides is 3. The number of morpholine rings is 1. The Hall–Kier alpha value is -3.57. The molecule has 4 heterocycles. The van der Waals surface area contributed by atoms with Crippen molar-refractivity contribution in [2.45, 2.75) is 19.9 Å². The molecule has 1 fully saturated rings. The van der Waals surface area contributed by atoms with Crippen molar-refractivity contribution in [2.24, 2.45) is 0 Å². The molecule has 0 bridgehead atoms.